The Labute approximate surface area is 229 Å². The minimum Gasteiger partial charge on any atom is -0.438 e. The number of para-hydroxylation sites is 1. The maximum Gasteiger partial charge on any atom is 0.296 e. The maximum absolute atomic E-state index is 16.0. The lowest BCUT2D eigenvalue weighted by molar-refractivity contribution is 0.469. The Morgan fingerprint density at radius 1 is 0.538 bits per heavy atom. The van der Waals surface area contributed by atoms with Crippen molar-refractivity contribution in [2.24, 2.45) is 0 Å². The van der Waals surface area contributed by atoms with Crippen LogP contribution in [0.15, 0.2) is 121 Å². The maximum atomic E-state index is 16.0. The summed E-state index contributed by atoms with van der Waals surface area (Å²) < 4.78 is 22.7. The third kappa shape index (κ3) is 4.16. The van der Waals surface area contributed by atoms with Crippen molar-refractivity contribution in [3.05, 3.63) is 138 Å². The van der Waals surface area contributed by atoms with E-state index in [1.807, 2.05) is 135 Å². The summed E-state index contributed by atoms with van der Waals surface area (Å²) in [6.07, 6.45) is 0. The van der Waals surface area contributed by atoms with Gasteiger partial charge < -0.3 is 21.7 Å². The topological polar surface area (TPSA) is 104 Å². The minimum absolute atomic E-state index is 0.579. The van der Waals surface area contributed by atoms with Crippen LogP contribution in [0.2, 0.25) is 0 Å². The molecule has 5 aromatic carbocycles. The molecule has 39 heavy (non-hydrogen) atoms. The third-order valence-corrected chi connectivity index (χ3v) is 10.2. The highest BCUT2D eigenvalue weighted by Gasteiger charge is 2.57. The SMILES string of the molecule is CC.Nc1ccc(C(c2ccc(N)cc2)(c2ccc(N)cc2)P2(=O)Oc3ccccc3-c3ccccc32)cc1. The normalized spacial score (nSPS) is 15.6. The quantitative estimate of drug-likeness (QED) is 0.127. The summed E-state index contributed by atoms with van der Waals surface area (Å²) in [5.74, 6) is 0.579. The summed E-state index contributed by atoms with van der Waals surface area (Å²) in [6, 6.07) is 38.0. The molecule has 1 aliphatic heterocycles. The van der Waals surface area contributed by atoms with Gasteiger partial charge in [-0.3, -0.25) is 4.57 Å². The zero-order chi connectivity index (χ0) is 27.6. The highest BCUT2D eigenvalue weighted by Crippen LogP contribution is 2.71. The van der Waals surface area contributed by atoms with Gasteiger partial charge in [-0.25, -0.2) is 0 Å². The van der Waals surface area contributed by atoms with E-state index in [1.165, 1.54) is 0 Å². The van der Waals surface area contributed by atoms with Gasteiger partial charge in [0.2, 0.25) is 0 Å². The van der Waals surface area contributed by atoms with Gasteiger partial charge in [0.05, 0.1) is 5.30 Å². The number of nitrogens with two attached hydrogens (primary N) is 3. The lowest BCUT2D eigenvalue weighted by Gasteiger charge is -2.44. The zero-order valence-corrected chi connectivity index (χ0v) is 22.9. The molecule has 0 saturated carbocycles. The van der Waals surface area contributed by atoms with Crippen molar-refractivity contribution in [1.82, 2.24) is 0 Å². The Morgan fingerprint density at radius 2 is 0.923 bits per heavy atom. The molecular formula is C33H32N3O2P. The summed E-state index contributed by atoms with van der Waals surface area (Å²) in [5.41, 5.74) is 24.3. The number of anilines is 3. The molecule has 1 heterocycles. The van der Waals surface area contributed by atoms with E-state index in [0.29, 0.717) is 28.1 Å². The van der Waals surface area contributed by atoms with Gasteiger partial charge in [-0.1, -0.05) is 86.6 Å². The van der Waals surface area contributed by atoms with Gasteiger partial charge in [0.25, 0.3) is 7.37 Å². The molecule has 0 amide bonds. The predicted octanol–water partition coefficient (Wildman–Crippen LogP) is 7.41. The van der Waals surface area contributed by atoms with Crippen molar-refractivity contribution in [2.75, 3.05) is 17.2 Å². The number of nitrogen functional groups attached to an aromatic ring is 3. The summed E-state index contributed by atoms with van der Waals surface area (Å²) in [7, 11) is -3.81. The Balaban J connectivity index is 0.00000151. The monoisotopic (exact) mass is 533 g/mol. The molecule has 0 bridgehead atoms. The molecule has 0 aromatic heterocycles. The average Bonchev–Trinajstić information content (AvgIpc) is 2.97. The number of hydrogen-bond donors (Lipinski definition) is 3. The van der Waals surface area contributed by atoms with Crippen LogP contribution >= 0.6 is 7.37 Å². The molecule has 0 saturated heterocycles. The van der Waals surface area contributed by atoms with Crippen molar-refractivity contribution in [2.45, 2.75) is 19.0 Å². The molecule has 0 aliphatic carbocycles. The molecule has 6 rings (SSSR count). The molecule has 5 nitrogen and oxygen atoms in total. The van der Waals surface area contributed by atoms with Crippen molar-refractivity contribution < 1.29 is 9.09 Å². The van der Waals surface area contributed by atoms with Gasteiger partial charge >= 0.3 is 0 Å². The van der Waals surface area contributed by atoms with Crippen LogP contribution in [0.1, 0.15) is 30.5 Å². The fourth-order valence-corrected chi connectivity index (χ4v) is 8.64. The fourth-order valence-electron chi connectivity index (χ4n) is 5.35. The van der Waals surface area contributed by atoms with E-state index in [-0.39, 0.29) is 0 Å². The highest BCUT2D eigenvalue weighted by molar-refractivity contribution is 7.69. The van der Waals surface area contributed by atoms with Crippen LogP contribution in [-0.2, 0) is 9.72 Å². The third-order valence-electron chi connectivity index (χ3n) is 7.05. The van der Waals surface area contributed by atoms with Gasteiger partial charge in [-0.2, -0.15) is 0 Å². The van der Waals surface area contributed by atoms with Gasteiger partial charge in [0.1, 0.15) is 10.9 Å². The molecule has 6 heteroatoms. The largest absolute Gasteiger partial charge is 0.438 e. The number of rotatable bonds is 4. The average molecular weight is 534 g/mol. The van der Waals surface area contributed by atoms with Crippen LogP contribution in [0, 0.1) is 0 Å². The Bertz CT molecular complexity index is 1540. The standard InChI is InChI=1S/C31H26N3O2P.C2H6/c32-24-15-9-21(10-16-24)31(22-11-17-25(33)18-12-22,23-13-19-26(34)20-14-23)37(35)30-8-4-2-6-28(30)27-5-1-3-7-29(27)36-37;1-2/h1-20H,32-34H2;1-2H3. The first-order valence-electron chi connectivity index (χ1n) is 13.0. The van der Waals surface area contributed by atoms with Gasteiger partial charge in [0, 0.05) is 22.6 Å². The minimum atomic E-state index is -3.81. The van der Waals surface area contributed by atoms with Gasteiger partial charge in [0.15, 0.2) is 0 Å². The molecule has 1 atom stereocenters. The summed E-state index contributed by atoms with van der Waals surface area (Å²) >= 11 is 0. The van der Waals surface area contributed by atoms with E-state index >= 15 is 4.57 Å². The Kier molecular flexibility index (Phi) is 6.94. The van der Waals surface area contributed by atoms with E-state index < -0.39 is 12.5 Å². The first-order chi connectivity index (χ1) is 18.9. The van der Waals surface area contributed by atoms with E-state index in [2.05, 4.69) is 0 Å². The smallest absolute Gasteiger partial charge is 0.296 e. The Morgan fingerprint density at radius 3 is 1.38 bits per heavy atom. The second-order valence-electron chi connectivity index (χ2n) is 9.23. The van der Waals surface area contributed by atoms with Crippen LogP contribution in [0.5, 0.6) is 5.75 Å². The highest BCUT2D eigenvalue weighted by atomic mass is 31.2. The molecule has 6 N–H and O–H groups in total. The lowest BCUT2D eigenvalue weighted by Crippen LogP contribution is -2.38. The molecule has 5 aromatic rings. The number of hydrogen-bond acceptors (Lipinski definition) is 5. The molecule has 0 spiro atoms. The lowest BCUT2D eigenvalue weighted by atomic mass is 9.83. The first-order valence-corrected chi connectivity index (χ1v) is 14.6. The number of benzene rings is 5. The van der Waals surface area contributed by atoms with Gasteiger partial charge in [-0.15, -0.1) is 0 Å². The second-order valence-corrected chi connectivity index (χ2v) is 11.7. The molecule has 0 radical (unpaired) electrons. The van der Waals surface area contributed by atoms with E-state index in [9.17, 15) is 0 Å². The van der Waals surface area contributed by atoms with Crippen LogP contribution in [-0.4, -0.2) is 0 Å². The molecule has 1 aliphatic rings. The summed E-state index contributed by atoms with van der Waals surface area (Å²) in [5, 5.41) is -0.578. The van der Waals surface area contributed by atoms with E-state index in [0.717, 1.165) is 27.8 Å². The first kappa shape index (κ1) is 26.1. The van der Waals surface area contributed by atoms with Crippen LogP contribution in [0.4, 0.5) is 17.1 Å². The number of fused-ring (bicyclic) bond motifs is 3. The summed E-state index contributed by atoms with van der Waals surface area (Å²) in [4.78, 5) is 0. The van der Waals surface area contributed by atoms with Crippen LogP contribution < -0.4 is 27.0 Å². The van der Waals surface area contributed by atoms with Crippen molar-refractivity contribution in [3.8, 4) is 16.9 Å². The van der Waals surface area contributed by atoms with Crippen molar-refractivity contribution in [1.29, 1.82) is 0 Å². The molecule has 1 unspecified atom stereocenters. The fraction of sp³-hybridized carbons (Fsp3) is 0.0909. The Hall–Kier alpha value is -4.47. The second kappa shape index (κ2) is 10.4. The van der Waals surface area contributed by atoms with Crippen molar-refractivity contribution >= 4 is 29.7 Å². The predicted molar refractivity (Wildman–Crippen MR) is 164 cm³/mol. The molecular weight excluding hydrogens is 501 g/mol. The van der Waals surface area contributed by atoms with Crippen LogP contribution in [0.25, 0.3) is 11.1 Å². The summed E-state index contributed by atoms with van der Waals surface area (Å²) in [6.45, 7) is 4.00. The van der Waals surface area contributed by atoms with Crippen molar-refractivity contribution in [3.63, 3.8) is 0 Å². The molecule has 0 fully saturated rings. The van der Waals surface area contributed by atoms with Crippen LogP contribution in [0.3, 0.4) is 0 Å². The van der Waals surface area contributed by atoms with Gasteiger partial charge in [-0.05, 0) is 70.8 Å². The van der Waals surface area contributed by atoms with E-state index in [4.69, 9.17) is 21.7 Å². The zero-order valence-electron chi connectivity index (χ0n) is 22.0. The molecule has 196 valence electrons. The van der Waals surface area contributed by atoms with E-state index in [1.54, 1.807) is 0 Å².